The molecule has 0 bridgehead atoms. The van der Waals surface area contributed by atoms with Crippen LogP contribution in [0.15, 0.2) is 25.0 Å². The summed E-state index contributed by atoms with van der Waals surface area (Å²) >= 11 is 0. The highest BCUT2D eigenvalue weighted by molar-refractivity contribution is 5.68. The number of nitrogens with zero attached hydrogens (tertiary/aromatic N) is 3. The number of aliphatic hydroxyl groups is 1. The lowest BCUT2D eigenvalue weighted by atomic mass is 10.1. The monoisotopic (exact) mass is 339 g/mol. The number of aliphatic hydroxyl groups excluding tert-OH is 1. The number of nitrogen functional groups attached to an aromatic ring is 1. The molecule has 1 unspecified atom stereocenters. The Hall–Kier alpha value is -3.11. The third-order valence-electron chi connectivity index (χ3n) is 3.44. The number of aromatic nitrogens is 3. The third-order valence-corrected chi connectivity index (χ3v) is 3.44. The highest BCUT2D eigenvalue weighted by Gasteiger charge is 2.12. The smallest absolute Gasteiger partial charge is 0.224 e. The first-order valence-corrected chi connectivity index (χ1v) is 7.79. The van der Waals surface area contributed by atoms with E-state index in [1.54, 1.807) is 12.3 Å². The molecule has 7 heteroatoms. The van der Waals surface area contributed by atoms with Gasteiger partial charge in [-0.05, 0) is 18.9 Å². The third kappa shape index (κ3) is 4.68. The molecule has 0 spiro atoms. The van der Waals surface area contributed by atoms with E-state index in [2.05, 4.69) is 32.8 Å². The zero-order valence-electron chi connectivity index (χ0n) is 14.3. The summed E-state index contributed by atoms with van der Waals surface area (Å²) in [5.41, 5.74) is 7.87. The second kappa shape index (κ2) is 8.13. The van der Waals surface area contributed by atoms with Gasteiger partial charge in [0.1, 0.15) is 11.4 Å². The van der Waals surface area contributed by atoms with E-state index in [4.69, 9.17) is 16.9 Å². The maximum Gasteiger partial charge on any atom is 0.224 e. The van der Waals surface area contributed by atoms with E-state index in [0.717, 1.165) is 5.57 Å². The molecule has 0 radical (unpaired) electrons. The van der Waals surface area contributed by atoms with Gasteiger partial charge in [0.05, 0.1) is 12.3 Å². The Morgan fingerprint density at radius 1 is 1.44 bits per heavy atom. The van der Waals surface area contributed by atoms with E-state index in [9.17, 15) is 5.11 Å². The van der Waals surface area contributed by atoms with Crippen LogP contribution >= 0.6 is 0 Å². The Morgan fingerprint density at radius 3 is 2.80 bits per heavy atom. The second-order valence-electron chi connectivity index (χ2n) is 5.48. The highest BCUT2D eigenvalue weighted by atomic mass is 16.5. The van der Waals surface area contributed by atoms with Crippen LogP contribution in [0.3, 0.4) is 0 Å². The molecule has 2 rings (SSSR count). The van der Waals surface area contributed by atoms with Crippen molar-refractivity contribution < 1.29 is 9.84 Å². The molecule has 25 heavy (non-hydrogen) atoms. The quantitative estimate of drug-likeness (QED) is 0.665. The van der Waals surface area contributed by atoms with E-state index >= 15 is 0 Å². The van der Waals surface area contributed by atoms with Gasteiger partial charge in [-0.1, -0.05) is 19.4 Å². The molecule has 1 atom stereocenters. The summed E-state index contributed by atoms with van der Waals surface area (Å²) < 4.78 is 5.82. The van der Waals surface area contributed by atoms with Gasteiger partial charge in [-0.3, -0.25) is 0 Å². The van der Waals surface area contributed by atoms with Crippen LogP contribution in [0.25, 0.3) is 5.57 Å². The Kier molecular flexibility index (Phi) is 5.93. The molecule has 0 amide bonds. The molecule has 0 aromatic carbocycles. The van der Waals surface area contributed by atoms with E-state index in [0.29, 0.717) is 41.7 Å². The minimum Gasteiger partial charge on any atom is -0.451 e. The molecular weight excluding hydrogens is 318 g/mol. The normalized spacial score (nSPS) is 11.4. The van der Waals surface area contributed by atoms with Gasteiger partial charge in [0, 0.05) is 24.4 Å². The first-order valence-electron chi connectivity index (χ1n) is 7.79. The van der Waals surface area contributed by atoms with Crippen molar-refractivity contribution in [1.29, 1.82) is 0 Å². The number of hydrogen-bond acceptors (Lipinski definition) is 7. The molecule has 130 valence electrons. The summed E-state index contributed by atoms with van der Waals surface area (Å²) in [6, 6.07) is 1.63. The van der Waals surface area contributed by atoms with Gasteiger partial charge in [-0.15, -0.1) is 6.42 Å². The van der Waals surface area contributed by atoms with Crippen LogP contribution in [0.2, 0.25) is 0 Å². The maximum atomic E-state index is 9.57. The van der Waals surface area contributed by atoms with E-state index < -0.39 is 6.10 Å². The average Bonchev–Trinajstić information content (AvgIpc) is 2.61. The van der Waals surface area contributed by atoms with Gasteiger partial charge < -0.3 is 20.9 Å². The van der Waals surface area contributed by atoms with E-state index in [1.165, 1.54) is 6.20 Å². The number of anilines is 2. The first-order chi connectivity index (χ1) is 11.9. The molecule has 7 nitrogen and oxygen atoms in total. The molecule has 2 heterocycles. The standard InChI is InChI=1S/C18H21N5O2/c1-5-12-7-15(14(9-20-12)11(3)4)25-16-10-22-18(23-17(16)19)21-8-13(24)6-2/h1,7,9-10,13,24H,3,6,8H2,2,4H3,(H3,19,21,22,23). The molecule has 2 aromatic rings. The summed E-state index contributed by atoms with van der Waals surface area (Å²) in [4.78, 5) is 12.4. The van der Waals surface area contributed by atoms with Crippen molar-refractivity contribution in [3.63, 3.8) is 0 Å². The number of nitrogens with one attached hydrogen (secondary N) is 1. The van der Waals surface area contributed by atoms with Crippen molar-refractivity contribution in [2.45, 2.75) is 26.4 Å². The number of allylic oxidation sites excluding steroid dienone is 1. The second-order valence-corrected chi connectivity index (χ2v) is 5.48. The Morgan fingerprint density at radius 2 is 2.20 bits per heavy atom. The van der Waals surface area contributed by atoms with Crippen LogP contribution in [0, 0.1) is 12.3 Å². The number of rotatable bonds is 7. The lowest BCUT2D eigenvalue weighted by Crippen LogP contribution is -2.19. The molecule has 0 saturated carbocycles. The van der Waals surface area contributed by atoms with Gasteiger partial charge in [-0.25, -0.2) is 9.97 Å². The highest BCUT2D eigenvalue weighted by Crippen LogP contribution is 2.31. The minimum absolute atomic E-state index is 0.162. The first kappa shape index (κ1) is 18.2. The summed E-state index contributed by atoms with van der Waals surface area (Å²) in [5.74, 6) is 3.71. The zero-order valence-corrected chi connectivity index (χ0v) is 14.3. The zero-order chi connectivity index (χ0) is 18.4. The Labute approximate surface area is 147 Å². The fourth-order valence-corrected chi connectivity index (χ4v) is 1.94. The van der Waals surface area contributed by atoms with Crippen molar-refractivity contribution >= 4 is 17.3 Å². The predicted octanol–water partition coefficient (Wildman–Crippen LogP) is 2.44. The van der Waals surface area contributed by atoms with Gasteiger partial charge in [-0.2, -0.15) is 4.98 Å². The Balaban J connectivity index is 2.23. The molecule has 0 aliphatic heterocycles. The van der Waals surface area contributed by atoms with Crippen LogP contribution in [0.4, 0.5) is 11.8 Å². The van der Waals surface area contributed by atoms with E-state index in [1.807, 2.05) is 13.8 Å². The van der Waals surface area contributed by atoms with Crippen LogP contribution in [-0.2, 0) is 0 Å². The molecular formula is C18H21N5O2. The summed E-state index contributed by atoms with van der Waals surface area (Å²) in [6.07, 6.45) is 8.61. The lowest BCUT2D eigenvalue weighted by Gasteiger charge is -2.13. The molecule has 0 aliphatic rings. The molecule has 4 N–H and O–H groups in total. The van der Waals surface area contributed by atoms with Gasteiger partial charge >= 0.3 is 0 Å². The van der Waals surface area contributed by atoms with Crippen LogP contribution in [0.1, 0.15) is 31.5 Å². The number of hydrogen-bond donors (Lipinski definition) is 3. The summed E-state index contributed by atoms with van der Waals surface area (Å²) in [7, 11) is 0. The number of terminal acetylenes is 1. The molecule has 0 aliphatic carbocycles. The van der Waals surface area contributed by atoms with Crippen molar-refractivity contribution in [2.24, 2.45) is 0 Å². The SMILES string of the molecule is C#Cc1cc(Oc2cnc(NCC(O)CC)nc2N)c(C(=C)C)cn1. The fourth-order valence-electron chi connectivity index (χ4n) is 1.94. The Bertz CT molecular complexity index is 814. The van der Waals surface area contributed by atoms with Crippen LogP contribution in [-0.4, -0.2) is 32.7 Å². The molecule has 0 saturated heterocycles. The lowest BCUT2D eigenvalue weighted by molar-refractivity contribution is 0.183. The van der Waals surface area contributed by atoms with Gasteiger partial charge in [0.2, 0.25) is 5.95 Å². The minimum atomic E-state index is -0.474. The van der Waals surface area contributed by atoms with Gasteiger partial charge in [0.25, 0.3) is 0 Å². The van der Waals surface area contributed by atoms with Crippen molar-refractivity contribution in [1.82, 2.24) is 15.0 Å². The van der Waals surface area contributed by atoms with Crippen molar-refractivity contribution in [3.05, 3.63) is 36.3 Å². The van der Waals surface area contributed by atoms with Crippen molar-refractivity contribution in [2.75, 3.05) is 17.6 Å². The largest absolute Gasteiger partial charge is 0.451 e. The maximum absolute atomic E-state index is 9.57. The molecule has 2 aromatic heterocycles. The molecule has 0 fully saturated rings. The van der Waals surface area contributed by atoms with Gasteiger partial charge in [0.15, 0.2) is 11.6 Å². The van der Waals surface area contributed by atoms with Crippen LogP contribution in [0.5, 0.6) is 11.5 Å². The number of pyridine rings is 1. The van der Waals surface area contributed by atoms with E-state index in [-0.39, 0.29) is 5.82 Å². The summed E-state index contributed by atoms with van der Waals surface area (Å²) in [5, 5.41) is 12.5. The van der Waals surface area contributed by atoms with Crippen molar-refractivity contribution in [3.8, 4) is 23.8 Å². The fraction of sp³-hybridized carbons (Fsp3) is 0.278. The predicted molar refractivity (Wildman–Crippen MR) is 98.2 cm³/mol. The summed E-state index contributed by atoms with van der Waals surface area (Å²) in [6.45, 7) is 7.96. The topological polar surface area (TPSA) is 106 Å². The number of nitrogens with two attached hydrogens (primary N) is 1. The van der Waals surface area contributed by atoms with Crippen LogP contribution < -0.4 is 15.8 Å². The number of ether oxygens (including phenoxy) is 1. The average molecular weight is 339 g/mol.